The summed E-state index contributed by atoms with van der Waals surface area (Å²) in [7, 11) is 0. The lowest BCUT2D eigenvalue weighted by Gasteiger charge is -2.26. The van der Waals surface area contributed by atoms with Gasteiger partial charge in [0.2, 0.25) is 5.89 Å². The Morgan fingerprint density at radius 1 is 0.429 bits per heavy atom. The number of hydrogen-bond acceptors (Lipinski definition) is 3. The SMILES string of the molecule is c1ccc(N(c2ccc(-c3nc4c5ccccc5c5ccccc5c4o3)cc2)c2ccc3c4ccccc4n(-c4ccccc4)c3c2)cc1. The lowest BCUT2D eigenvalue weighted by molar-refractivity contribution is 0.623. The lowest BCUT2D eigenvalue weighted by atomic mass is 10.0. The molecular weight excluding hydrogens is 599 g/mol. The van der Waals surface area contributed by atoms with Gasteiger partial charge >= 0.3 is 0 Å². The number of para-hydroxylation sites is 3. The van der Waals surface area contributed by atoms with Gasteiger partial charge in [-0.2, -0.15) is 0 Å². The molecule has 0 unspecified atom stereocenters. The highest BCUT2D eigenvalue weighted by atomic mass is 16.3. The maximum absolute atomic E-state index is 6.55. The van der Waals surface area contributed by atoms with E-state index in [-0.39, 0.29) is 0 Å². The molecule has 4 nitrogen and oxygen atoms in total. The van der Waals surface area contributed by atoms with E-state index >= 15 is 0 Å². The van der Waals surface area contributed by atoms with Gasteiger partial charge in [-0.15, -0.1) is 0 Å². The predicted molar refractivity (Wildman–Crippen MR) is 203 cm³/mol. The van der Waals surface area contributed by atoms with Crippen LogP contribution in [0, 0.1) is 0 Å². The highest BCUT2D eigenvalue weighted by molar-refractivity contribution is 6.22. The lowest BCUT2D eigenvalue weighted by Crippen LogP contribution is -2.10. The number of hydrogen-bond donors (Lipinski definition) is 0. The molecule has 49 heavy (non-hydrogen) atoms. The summed E-state index contributed by atoms with van der Waals surface area (Å²) in [6, 6.07) is 61.9. The number of anilines is 3. The molecule has 10 aromatic rings. The summed E-state index contributed by atoms with van der Waals surface area (Å²) >= 11 is 0. The van der Waals surface area contributed by atoms with Gasteiger partial charge in [-0.05, 0) is 77.5 Å². The van der Waals surface area contributed by atoms with Crippen molar-refractivity contribution in [2.45, 2.75) is 0 Å². The zero-order valence-electron chi connectivity index (χ0n) is 26.5. The fraction of sp³-hybridized carbons (Fsp3) is 0. The van der Waals surface area contributed by atoms with Crippen molar-refractivity contribution in [3.63, 3.8) is 0 Å². The Labute approximate surface area is 282 Å². The van der Waals surface area contributed by atoms with Crippen LogP contribution in [0.25, 0.3) is 71.6 Å². The van der Waals surface area contributed by atoms with Crippen LogP contribution < -0.4 is 4.90 Å². The first kappa shape index (κ1) is 27.5. The second-order valence-electron chi connectivity index (χ2n) is 12.4. The van der Waals surface area contributed by atoms with Gasteiger partial charge < -0.3 is 13.9 Å². The van der Waals surface area contributed by atoms with Crippen molar-refractivity contribution in [2.75, 3.05) is 4.90 Å². The fourth-order valence-electron chi connectivity index (χ4n) is 7.38. The molecule has 0 aliphatic rings. The van der Waals surface area contributed by atoms with E-state index in [1.54, 1.807) is 0 Å². The minimum Gasteiger partial charge on any atom is -0.435 e. The minimum absolute atomic E-state index is 0.614. The molecule has 0 radical (unpaired) electrons. The Morgan fingerprint density at radius 3 is 1.73 bits per heavy atom. The summed E-state index contributed by atoms with van der Waals surface area (Å²) in [5, 5.41) is 6.99. The largest absolute Gasteiger partial charge is 0.435 e. The maximum Gasteiger partial charge on any atom is 0.227 e. The summed E-state index contributed by atoms with van der Waals surface area (Å²) in [5.41, 5.74) is 9.33. The second-order valence-corrected chi connectivity index (χ2v) is 12.4. The van der Waals surface area contributed by atoms with Gasteiger partial charge in [0.1, 0.15) is 5.52 Å². The standard InChI is InChI=1S/C45H29N3O/c1-3-13-31(14-4-1)47(34-27-28-38-37-19-11-12-22-41(37)48(42(38)29-34)32-15-5-2-6-16-32)33-25-23-30(24-26-33)45-46-43-39-20-9-7-17-35(39)36-18-8-10-21-40(36)44(43)49-45/h1-29H. The molecule has 0 aliphatic carbocycles. The van der Waals surface area contributed by atoms with E-state index in [4.69, 9.17) is 9.40 Å². The monoisotopic (exact) mass is 627 g/mol. The van der Waals surface area contributed by atoms with Gasteiger partial charge in [-0.25, -0.2) is 4.98 Å². The normalized spacial score (nSPS) is 11.7. The molecule has 0 fully saturated rings. The van der Waals surface area contributed by atoms with E-state index in [2.05, 4.69) is 185 Å². The van der Waals surface area contributed by atoms with Crippen molar-refractivity contribution in [1.82, 2.24) is 9.55 Å². The first-order chi connectivity index (χ1) is 24.3. The van der Waals surface area contributed by atoms with Crippen LogP contribution in [0.5, 0.6) is 0 Å². The zero-order chi connectivity index (χ0) is 32.3. The number of nitrogens with zero attached hydrogens (tertiary/aromatic N) is 3. The Balaban J connectivity index is 1.12. The average Bonchev–Trinajstić information content (AvgIpc) is 3.77. The third-order valence-corrected chi connectivity index (χ3v) is 9.59. The minimum atomic E-state index is 0.614. The molecular formula is C45H29N3O. The van der Waals surface area contributed by atoms with Gasteiger partial charge in [0, 0.05) is 49.9 Å². The summed E-state index contributed by atoms with van der Waals surface area (Å²) in [6.45, 7) is 0. The molecule has 0 spiro atoms. The van der Waals surface area contributed by atoms with Crippen LogP contribution >= 0.6 is 0 Å². The molecule has 0 atom stereocenters. The van der Waals surface area contributed by atoms with E-state index in [1.807, 2.05) is 0 Å². The maximum atomic E-state index is 6.55. The zero-order valence-corrected chi connectivity index (χ0v) is 26.5. The van der Waals surface area contributed by atoms with E-state index in [9.17, 15) is 0 Å². The first-order valence-electron chi connectivity index (χ1n) is 16.6. The highest BCUT2D eigenvalue weighted by Gasteiger charge is 2.19. The van der Waals surface area contributed by atoms with Gasteiger partial charge in [-0.1, -0.05) is 109 Å². The molecule has 8 aromatic carbocycles. The molecule has 230 valence electrons. The van der Waals surface area contributed by atoms with Gasteiger partial charge in [0.05, 0.1) is 11.0 Å². The van der Waals surface area contributed by atoms with Gasteiger partial charge in [0.15, 0.2) is 5.58 Å². The van der Waals surface area contributed by atoms with Crippen molar-refractivity contribution in [1.29, 1.82) is 0 Å². The summed E-state index contributed by atoms with van der Waals surface area (Å²) in [5.74, 6) is 0.614. The van der Waals surface area contributed by atoms with Crippen LogP contribution in [-0.4, -0.2) is 9.55 Å². The topological polar surface area (TPSA) is 34.2 Å². The van der Waals surface area contributed by atoms with E-state index in [0.717, 1.165) is 55.7 Å². The Kier molecular flexibility index (Phi) is 6.15. The molecule has 0 amide bonds. The van der Waals surface area contributed by atoms with Crippen LogP contribution in [0.1, 0.15) is 0 Å². The molecule has 4 heteroatoms. The van der Waals surface area contributed by atoms with Crippen molar-refractivity contribution in [3.8, 4) is 17.1 Å². The van der Waals surface area contributed by atoms with Gasteiger partial charge in [-0.3, -0.25) is 0 Å². The van der Waals surface area contributed by atoms with Crippen molar-refractivity contribution in [3.05, 3.63) is 176 Å². The van der Waals surface area contributed by atoms with E-state index in [0.29, 0.717) is 5.89 Å². The number of benzene rings is 8. The third kappa shape index (κ3) is 4.35. The smallest absolute Gasteiger partial charge is 0.227 e. The van der Waals surface area contributed by atoms with Crippen LogP contribution in [0.4, 0.5) is 17.1 Å². The number of fused-ring (bicyclic) bond motifs is 9. The molecule has 0 aliphatic heterocycles. The summed E-state index contributed by atoms with van der Waals surface area (Å²) < 4.78 is 8.91. The summed E-state index contributed by atoms with van der Waals surface area (Å²) in [6.07, 6.45) is 0. The fourth-order valence-corrected chi connectivity index (χ4v) is 7.38. The Morgan fingerprint density at radius 2 is 0.980 bits per heavy atom. The van der Waals surface area contributed by atoms with Crippen molar-refractivity contribution >= 4 is 71.5 Å². The van der Waals surface area contributed by atoms with E-state index < -0.39 is 0 Å². The van der Waals surface area contributed by atoms with Crippen LogP contribution in [0.15, 0.2) is 180 Å². The number of oxazole rings is 1. The molecule has 0 saturated carbocycles. The van der Waals surface area contributed by atoms with Gasteiger partial charge in [0.25, 0.3) is 0 Å². The third-order valence-electron chi connectivity index (χ3n) is 9.59. The van der Waals surface area contributed by atoms with Crippen LogP contribution in [0.2, 0.25) is 0 Å². The molecule has 0 N–H and O–H groups in total. The first-order valence-corrected chi connectivity index (χ1v) is 16.6. The average molecular weight is 628 g/mol. The van der Waals surface area contributed by atoms with Crippen molar-refractivity contribution < 1.29 is 4.42 Å². The molecule has 2 heterocycles. The second kappa shape index (κ2) is 11.0. The van der Waals surface area contributed by atoms with Crippen LogP contribution in [0.3, 0.4) is 0 Å². The molecule has 0 saturated heterocycles. The molecule has 0 bridgehead atoms. The Hall–Kier alpha value is -6.65. The molecule has 2 aromatic heterocycles. The predicted octanol–water partition coefficient (Wildman–Crippen LogP) is 12.4. The quantitative estimate of drug-likeness (QED) is 0.178. The number of rotatable bonds is 5. The summed E-state index contributed by atoms with van der Waals surface area (Å²) in [4.78, 5) is 7.37. The Bertz CT molecular complexity index is 2740. The van der Waals surface area contributed by atoms with E-state index in [1.165, 1.54) is 27.1 Å². The highest BCUT2D eigenvalue weighted by Crippen LogP contribution is 2.41. The van der Waals surface area contributed by atoms with Crippen LogP contribution in [-0.2, 0) is 0 Å². The number of aromatic nitrogens is 2. The van der Waals surface area contributed by atoms with Crippen molar-refractivity contribution in [2.24, 2.45) is 0 Å². The molecule has 10 rings (SSSR count).